The molecule has 3 rings (SSSR count). The van der Waals surface area contributed by atoms with Crippen LogP contribution in [0.25, 0.3) is 11.0 Å². The minimum absolute atomic E-state index is 0.127. The van der Waals surface area contributed by atoms with Gasteiger partial charge in [0.05, 0.1) is 35.8 Å². The average Bonchev–Trinajstić information content (AvgIpc) is 2.88. The number of aromatic nitrogens is 2. The summed E-state index contributed by atoms with van der Waals surface area (Å²) in [5.41, 5.74) is 0.0643. The third-order valence-corrected chi connectivity index (χ3v) is 4.59. The van der Waals surface area contributed by atoms with Gasteiger partial charge in [-0.25, -0.2) is 4.98 Å². The van der Waals surface area contributed by atoms with Crippen LogP contribution >= 0.6 is 0 Å². The van der Waals surface area contributed by atoms with E-state index in [1.807, 2.05) is 4.90 Å². The number of carbonyl (C=O) groups is 1. The van der Waals surface area contributed by atoms with Crippen LogP contribution in [-0.4, -0.2) is 51.2 Å². The number of benzene rings is 1. The molecule has 0 saturated carbocycles. The van der Waals surface area contributed by atoms with Crippen LogP contribution in [0.15, 0.2) is 18.2 Å². The highest BCUT2D eigenvalue weighted by atomic mass is 19.4. The molecule has 0 spiro atoms. The van der Waals surface area contributed by atoms with Crippen molar-refractivity contribution >= 4 is 16.9 Å². The van der Waals surface area contributed by atoms with Crippen LogP contribution in [0.5, 0.6) is 0 Å². The molecule has 1 aliphatic rings. The maximum Gasteiger partial charge on any atom is 0.416 e. The van der Waals surface area contributed by atoms with Gasteiger partial charge in [0.2, 0.25) is 5.91 Å². The highest BCUT2D eigenvalue weighted by Crippen LogP contribution is 2.31. The molecule has 1 saturated heterocycles. The van der Waals surface area contributed by atoms with Crippen molar-refractivity contribution < 1.29 is 23.1 Å². The summed E-state index contributed by atoms with van der Waals surface area (Å²) in [7, 11) is 1.70. The van der Waals surface area contributed by atoms with Crippen LogP contribution in [0, 0.1) is 0 Å². The first-order valence-electron chi connectivity index (χ1n) is 8.43. The first kappa shape index (κ1) is 18.7. The Bertz CT molecular complexity index is 803. The lowest BCUT2D eigenvalue weighted by Gasteiger charge is -2.29. The third-order valence-electron chi connectivity index (χ3n) is 4.59. The normalized spacial score (nSPS) is 19.0. The Hall–Kier alpha value is -2.13. The summed E-state index contributed by atoms with van der Waals surface area (Å²) in [6.45, 7) is 1.54. The minimum atomic E-state index is -4.42. The number of nitrogens with zero attached hydrogens (tertiary/aromatic N) is 3. The lowest BCUT2D eigenvalue weighted by molar-refractivity contribution is -0.137. The Kier molecular flexibility index (Phi) is 5.19. The van der Waals surface area contributed by atoms with E-state index in [0.29, 0.717) is 17.9 Å². The van der Waals surface area contributed by atoms with E-state index in [-0.39, 0.29) is 24.5 Å². The highest BCUT2D eigenvalue weighted by Gasteiger charge is 2.31. The number of likely N-dealkylation sites (tertiary alicyclic amines) is 1. The number of hydrogen-bond donors (Lipinski definition) is 2. The number of fused-ring (bicyclic) bond motifs is 1. The van der Waals surface area contributed by atoms with Crippen molar-refractivity contribution in [3.63, 3.8) is 0 Å². The van der Waals surface area contributed by atoms with E-state index in [4.69, 9.17) is 0 Å². The van der Waals surface area contributed by atoms with Crippen molar-refractivity contribution in [2.45, 2.75) is 31.7 Å². The van der Waals surface area contributed by atoms with E-state index in [1.165, 1.54) is 6.07 Å². The number of aliphatic hydroxyl groups is 1. The molecule has 1 atom stereocenters. The van der Waals surface area contributed by atoms with Gasteiger partial charge < -0.3 is 15.0 Å². The zero-order chi connectivity index (χ0) is 18.9. The van der Waals surface area contributed by atoms with E-state index in [1.54, 1.807) is 11.6 Å². The van der Waals surface area contributed by atoms with Gasteiger partial charge in [-0.3, -0.25) is 9.69 Å². The number of carbonyl (C=O) groups excluding carboxylic acids is 1. The first-order chi connectivity index (χ1) is 12.2. The van der Waals surface area contributed by atoms with Crippen LogP contribution in [0.2, 0.25) is 0 Å². The highest BCUT2D eigenvalue weighted by molar-refractivity contribution is 5.79. The third kappa shape index (κ3) is 4.16. The summed E-state index contributed by atoms with van der Waals surface area (Å²) < 4.78 is 40.1. The molecular weight excluding hydrogens is 349 g/mol. The molecule has 0 aliphatic carbocycles. The molecule has 1 aliphatic heterocycles. The van der Waals surface area contributed by atoms with Gasteiger partial charge in [0.15, 0.2) is 0 Å². The molecule has 1 fully saturated rings. The molecule has 2 aromatic rings. The van der Waals surface area contributed by atoms with Crippen LogP contribution in [0.3, 0.4) is 0 Å². The summed E-state index contributed by atoms with van der Waals surface area (Å²) in [4.78, 5) is 18.2. The predicted octanol–water partition coefficient (Wildman–Crippen LogP) is 1.66. The summed E-state index contributed by atoms with van der Waals surface area (Å²) in [5, 5.41) is 12.4. The Morgan fingerprint density at radius 2 is 2.19 bits per heavy atom. The maximum atomic E-state index is 12.8. The first-order valence-corrected chi connectivity index (χ1v) is 8.43. The summed E-state index contributed by atoms with van der Waals surface area (Å²) >= 11 is 0. The number of hydrogen-bond acceptors (Lipinski definition) is 4. The topological polar surface area (TPSA) is 70.4 Å². The maximum absolute atomic E-state index is 12.8. The lowest BCUT2D eigenvalue weighted by Crippen LogP contribution is -2.44. The molecule has 1 aromatic heterocycles. The number of halogens is 3. The zero-order valence-electron chi connectivity index (χ0n) is 14.4. The van der Waals surface area contributed by atoms with Gasteiger partial charge in [0, 0.05) is 13.6 Å². The Labute approximate surface area is 148 Å². The van der Waals surface area contributed by atoms with Crippen molar-refractivity contribution in [2.24, 2.45) is 7.05 Å². The number of imidazole rings is 1. The van der Waals surface area contributed by atoms with E-state index in [0.717, 1.165) is 31.5 Å². The average molecular weight is 370 g/mol. The van der Waals surface area contributed by atoms with Gasteiger partial charge in [0.1, 0.15) is 5.82 Å². The SMILES string of the molecule is Cn1c(CNC(=O)CN2CCCC(O)C2)nc2cc(C(F)(F)F)ccc21. The fourth-order valence-corrected chi connectivity index (χ4v) is 3.20. The summed E-state index contributed by atoms with van der Waals surface area (Å²) in [6, 6.07) is 3.41. The number of alkyl halides is 3. The Morgan fingerprint density at radius 3 is 2.88 bits per heavy atom. The largest absolute Gasteiger partial charge is 0.416 e. The lowest BCUT2D eigenvalue weighted by atomic mass is 10.1. The Morgan fingerprint density at radius 1 is 1.42 bits per heavy atom. The van der Waals surface area contributed by atoms with Crippen LogP contribution in [0.1, 0.15) is 24.2 Å². The van der Waals surface area contributed by atoms with Crippen molar-refractivity contribution in [1.29, 1.82) is 0 Å². The van der Waals surface area contributed by atoms with Gasteiger partial charge in [0.25, 0.3) is 0 Å². The summed E-state index contributed by atoms with van der Waals surface area (Å²) in [5.74, 6) is 0.272. The van der Waals surface area contributed by atoms with Crippen molar-refractivity contribution in [2.75, 3.05) is 19.6 Å². The molecule has 6 nitrogen and oxygen atoms in total. The van der Waals surface area contributed by atoms with Crippen molar-refractivity contribution in [3.05, 3.63) is 29.6 Å². The van der Waals surface area contributed by atoms with Gasteiger partial charge in [-0.05, 0) is 37.6 Å². The fraction of sp³-hybridized carbons (Fsp3) is 0.529. The van der Waals surface area contributed by atoms with Gasteiger partial charge in [-0.2, -0.15) is 13.2 Å². The molecule has 1 unspecified atom stereocenters. The zero-order valence-corrected chi connectivity index (χ0v) is 14.4. The van der Waals surface area contributed by atoms with Gasteiger partial charge in [-0.1, -0.05) is 0 Å². The van der Waals surface area contributed by atoms with Gasteiger partial charge >= 0.3 is 6.18 Å². The van der Waals surface area contributed by atoms with Crippen LogP contribution in [-0.2, 0) is 24.6 Å². The molecule has 2 heterocycles. The molecule has 2 N–H and O–H groups in total. The molecule has 1 aromatic carbocycles. The second-order valence-electron chi connectivity index (χ2n) is 6.60. The quantitative estimate of drug-likeness (QED) is 0.859. The second-order valence-corrected chi connectivity index (χ2v) is 6.60. The molecule has 26 heavy (non-hydrogen) atoms. The second kappa shape index (κ2) is 7.24. The molecule has 9 heteroatoms. The van der Waals surface area contributed by atoms with E-state index in [9.17, 15) is 23.1 Å². The minimum Gasteiger partial charge on any atom is -0.392 e. The van der Waals surface area contributed by atoms with Gasteiger partial charge in [-0.15, -0.1) is 0 Å². The molecule has 0 bridgehead atoms. The van der Waals surface area contributed by atoms with Crippen molar-refractivity contribution in [1.82, 2.24) is 19.8 Å². The van der Waals surface area contributed by atoms with Crippen molar-refractivity contribution in [3.8, 4) is 0 Å². The number of nitrogens with one attached hydrogen (secondary N) is 1. The number of piperidine rings is 1. The molecule has 142 valence electrons. The number of aryl methyl sites for hydroxylation is 1. The number of amides is 1. The number of rotatable bonds is 4. The predicted molar refractivity (Wildman–Crippen MR) is 89.2 cm³/mol. The smallest absolute Gasteiger partial charge is 0.392 e. The molecule has 0 radical (unpaired) electrons. The number of aliphatic hydroxyl groups excluding tert-OH is 1. The van der Waals surface area contributed by atoms with Crippen LogP contribution in [0.4, 0.5) is 13.2 Å². The van der Waals surface area contributed by atoms with E-state index in [2.05, 4.69) is 10.3 Å². The standard InChI is InChI=1S/C17H21F3N4O2/c1-23-14-5-4-11(17(18,19)20)7-13(14)22-15(23)8-21-16(26)10-24-6-2-3-12(25)9-24/h4-5,7,12,25H,2-3,6,8-10H2,1H3,(H,21,26). The van der Waals surface area contributed by atoms with E-state index >= 15 is 0 Å². The monoisotopic (exact) mass is 370 g/mol. The van der Waals surface area contributed by atoms with Crippen LogP contribution < -0.4 is 5.32 Å². The Balaban J connectivity index is 1.65. The molecule has 1 amide bonds. The van der Waals surface area contributed by atoms with E-state index < -0.39 is 17.8 Å². The summed E-state index contributed by atoms with van der Waals surface area (Å²) in [6.07, 6.45) is -3.23. The fourth-order valence-electron chi connectivity index (χ4n) is 3.20. The number of β-amino-alcohol motifs (C(OH)–C–C–N with tert-alkyl or cyclic N) is 1. The molecular formula is C17H21F3N4O2.